The quantitative estimate of drug-likeness (QED) is 0.564. The van der Waals surface area contributed by atoms with Crippen molar-refractivity contribution in [3.63, 3.8) is 0 Å². The van der Waals surface area contributed by atoms with E-state index in [4.69, 9.17) is 4.74 Å². The summed E-state index contributed by atoms with van der Waals surface area (Å²) >= 11 is 0. The maximum Gasteiger partial charge on any atom is 0.333 e. The Morgan fingerprint density at radius 1 is 1.28 bits per heavy atom. The van der Waals surface area contributed by atoms with Gasteiger partial charge in [-0.25, -0.2) is 4.79 Å². The molecule has 0 fully saturated rings. The summed E-state index contributed by atoms with van der Waals surface area (Å²) in [5.74, 6) is 0.292. The van der Waals surface area contributed by atoms with E-state index in [1.807, 2.05) is 43.3 Å². The highest BCUT2D eigenvalue weighted by atomic mass is 16.5. The minimum atomic E-state index is -0.179. The van der Waals surface area contributed by atoms with Crippen molar-refractivity contribution in [3.8, 4) is 0 Å². The molecule has 0 unspecified atom stereocenters. The van der Waals surface area contributed by atoms with Crippen molar-refractivity contribution < 1.29 is 9.53 Å². The molecule has 18 heavy (non-hydrogen) atoms. The van der Waals surface area contributed by atoms with Crippen LogP contribution in [-0.2, 0) is 16.0 Å². The standard InChI is InChI=1S/C16H22O2/c1-4-15(12-13(2)3)16(17)18-11-10-14-8-6-5-7-9-14/h4-9,13H,10-12H2,1-3H3/b15-4+. The van der Waals surface area contributed by atoms with Crippen LogP contribution in [0.25, 0.3) is 0 Å². The second-order valence-corrected chi connectivity index (χ2v) is 4.78. The molecule has 0 saturated heterocycles. The summed E-state index contributed by atoms with van der Waals surface area (Å²) in [5.41, 5.74) is 1.97. The highest BCUT2D eigenvalue weighted by Gasteiger charge is 2.11. The largest absolute Gasteiger partial charge is 0.462 e. The number of hydrogen-bond donors (Lipinski definition) is 0. The summed E-state index contributed by atoms with van der Waals surface area (Å²) in [6.07, 6.45) is 3.40. The van der Waals surface area contributed by atoms with Crippen molar-refractivity contribution >= 4 is 5.97 Å². The van der Waals surface area contributed by atoms with Gasteiger partial charge in [0.1, 0.15) is 0 Å². The Kier molecular flexibility index (Phi) is 6.20. The van der Waals surface area contributed by atoms with Crippen LogP contribution in [0.4, 0.5) is 0 Å². The summed E-state index contributed by atoms with van der Waals surface area (Å²) in [6, 6.07) is 10.0. The van der Waals surface area contributed by atoms with Gasteiger partial charge in [0.05, 0.1) is 6.61 Å². The van der Waals surface area contributed by atoms with E-state index in [1.54, 1.807) is 0 Å². The van der Waals surface area contributed by atoms with Crippen LogP contribution in [0.15, 0.2) is 42.0 Å². The molecule has 0 atom stereocenters. The van der Waals surface area contributed by atoms with Gasteiger partial charge in [0, 0.05) is 12.0 Å². The molecule has 1 rings (SSSR count). The van der Waals surface area contributed by atoms with Crippen LogP contribution < -0.4 is 0 Å². The lowest BCUT2D eigenvalue weighted by molar-refractivity contribution is -0.139. The topological polar surface area (TPSA) is 26.3 Å². The van der Waals surface area contributed by atoms with Gasteiger partial charge in [0.2, 0.25) is 0 Å². The molecule has 0 saturated carbocycles. The van der Waals surface area contributed by atoms with Crippen LogP contribution in [0.1, 0.15) is 32.8 Å². The lowest BCUT2D eigenvalue weighted by atomic mass is 10.0. The van der Waals surface area contributed by atoms with E-state index >= 15 is 0 Å². The zero-order valence-corrected chi connectivity index (χ0v) is 11.5. The predicted molar refractivity (Wildman–Crippen MR) is 74.3 cm³/mol. The molecular weight excluding hydrogens is 224 g/mol. The van der Waals surface area contributed by atoms with Gasteiger partial charge >= 0.3 is 5.97 Å². The van der Waals surface area contributed by atoms with E-state index in [1.165, 1.54) is 5.56 Å². The van der Waals surface area contributed by atoms with Crippen molar-refractivity contribution in [3.05, 3.63) is 47.5 Å². The number of rotatable bonds is 6. The van der Waals surface area contributed by atoms with E-state index in [0.717, 1.165) is 18.4 Å². The van der Waals surface area contributed by atoms with Gasteiger partial charge in [0.15, 0.2) is 0 Å². The van der Waals surface area contributed by atoms with E-state index in [9.17, 15) is 4.79 Å². The summed E-state index contributed by atoms with van der Waals surface area (Å²) in [7, 11) is 0. The Labute approximate surface area is 110 Å². The summed E-state index contributed by atoms with van der Waals surface area (Å²) < 4.78 is 5.29. The first-order valence-corrected chi connectivity index (χ1v) is 6.49. The molecule has 0 aliphatic rings. The van der Waals surface area contributed by atoms with E-state index < -0.39 is 0 Å². The van der Waals surface area contributed by atoms with Crippen LogP contribution in [0.3, 0.4) is 0 Å². The van der Waals surface area contributed by atoms with Crippen molar-refractivity contribution in [2.75, 3.05) is 6.61 Å². The number of carbonyl (C=O) groups excluding carboxylic acids is 1. The molecule has 0 aliphatic heterocycles. The molecule has 98 valence electrons. The molecule has 0 heterocycles. The SMILES string of the molecule is C/C=C(\CC(C)C)C(=O)OCCc1ccccc1. The molecule has 0 amide bonds. The number of esters is 1. The average molecular weight is 246 g/mol. The molecule has 0 aromatic heterocycles. The highest BCUT2D eigenvalue weighted by Crippen LogP contribution is 2.12. The Morgan fingerprint density at radius 2 is 1.94 bits per heavy atom. The summed E-state index contributed by atoms with van der Waals surface area (Å²) in [5, 5.41) is 0. The Morgan fingerprint density at radius 3 is 2.50 bits per heavy atom. The maximum atomic E-state index is 11.8. The lowest BCUT2D eigenvalue weighted by Gasteiger charge is -2.10. The molecule has 1 aromatic rings. The number of ether oxygens (including phenoxy) is 1. The zero-order valence-electron chi connectivity index (χ0n) is 11.5. The fourth-order valence-electron chi connectivity index (χ4n) is 1.76. The Balaban J connectivity index is 2.37. The second-order valence-electron chi connectivity index (χ2n) is 4.78. The average Bonchev–Trinajstić information content (AvgIpc) is 2.36. The monoisotopic (exact) mass is 246 g/mol. The van der Waals surface area contributed by atoms with Gasteiger partial charge < -0.3 is 4.74 Å². The van der Waals surface area contributed by atoms with Crippen LogP contribution in [0.2, 0.25) is 0 Å². The van der Waals surface area contributed by atoms with Crippen molar-refractivity contribution in [1.82, 2.24) is 0 Å². The molecular formula is C16H22O2. The first-order chi connectivity index (χ1) is 8.63. The molecule has 0 bridgehead atoms. The molecule has 0 spiro atoms. The predicted octanol–water partition coefficient (Wildman–Crippen LogP) is 3.76. The molecule has 0 N–H and O–H groups in total. The van der Waals surface area contributed by atoms with Gasteiger partial charge in [-0.3, -0.25) is 0 Å². The van der Waals surface area contributed by atoms with Crippen LogP contribution in [-0.4, -0.2) is 12.6 Å². The van der Waals surface area contributed by atoms with Gasteiger partial charge in [-0.05, 0) is 24.8 Å². The highest BCUT2D eigenvalue weighted by molar-refractivity contribution is 5.88. The normalized spacial score (nSPS) is 11.7. The molecule has 2 heteroatoms. The molecule has 0 radical (unpaired) electrons. The van der Waals surface area contributed by atoms with Crippen LogP contribution >= 0.6 is 0 Å². The van der Waals surface area contributed by atoms with E-state index in [-0.39, 0.29) is 5.97 Å². The third-order valence-electron chi connectivity index (χ3n) is 2.71. The van der Waals surface area contributed by atoms with Gasteiger partial charge in [-0.15, -0.1) is 0 Å². The van der Waals surface area contributed by atoms with Crippen LogP contribution in [0.5, 0.6) is 0 Å². The van der Waals surface area contributed by atoms with Crippen LogP contribution in [0, 0.1) is 5.92 Å². The smallest absolute Gasteiger partial charge is 0.333 e. The lowest BCUT2D eigenvalue weighted by Crippen LogP contribution is -2.12. The summed E-state index contributed by atoms with van der Waals surface area (Å²) in [4.78, 5) is 11.8. The van der Waals surface area contributed by atoms with Gasteiger partial charge in [-0.2, -0.15) is 0 Å². The molecule has 0 aliphatic carbocycles. The second kappa shape index (κ2) is 7.70. The molecule has 1 aromatic carbocycles. The van der Waals surface area contributed by atoms with Crippen molar-refractivity contribution in [2.24, 2.45) is 5.92 Å². The maximum absolute atomic E-state index is 11.8. The fraction of sp³-hybridized carbons (Fsp3) is 0.438. The van der Waals surface area contributed by atoms with Crippen molar-refractivity contribution in [2.45, 2.75) is 33.6 Å². The third-order valence-corrected chi connectivity index (χ3v) is 2.71. The third kappa shape index (κ3) is 5.17. The van der Waals surface area contributed by atoms with Gasteiger partial charge in [-0.1, -0.05) is 50.3 Å². The first kappa shape index (κ1) is 14.5. The Bertz CT molecular complexity index is 391. The fourth-order valence-corrected chi connectivity index (χ4v) is 1.76. The van der Waals surface area contributed by atoms with E-state index in [0.29, 0.717) is 12.5 Å². The number of carbonyl (C=O) groups is 1. The zero-order chi connectivity index (χ0) is 13.4. The minimum absolute atomic E-state index is 0.179. The summed E-state index contributed by atoms with van der Waals surface area (Å²) in [6.45, 7) is 6.52. The first-order valence-electron chi connectivity index (χ1n) is 6.49. The number of hydrogen-bond acceptors (Lipinski definition) is 2. The van der Waals surface area contributed by atoms with E-state index in [2.05, 4.69) is 13.8 Å². The number of allylic oxidation sites excluding steroid dienone is 1. The van der Waals surface area contributed by atoms with Crippen molar-refractivity contribution in [1.29, 1.82) is 0 Å². The Hall–Kier alpha value is -1.57. The van der Waals surface area contributed by atoms with Gasteiger partial charge in [0.25, 0.3) is 0 Å². The number of benzene rings is 1. The molecule has 2 nitrogen and oxygen atoms in total. The minimum Gasteiger partial charge on any atom is -0.462 e.